The van der Waals surface area contributed by atoms with Crippen molar-refractivity contribution in [3.8, 4) is 5.75 Å². The minimum absolute atomic E-state index is 0.000195. The molecule has 7 heteroatoms. The Balaban J connectivity index is 2.08. The summed E-state index contributed by atoms with van der Waals surface area (Å²) in [5.74, 6) is -0.557. The fraction of sp³-hybridized carbons (Fsp3) is 0.0556. The van der Waals surface area contributed by atoms with Crippen LogP contribution in [0.4, 0.5) is 5.69 Å². The summed E-state index contributed by atoms with van der Waals surface area (Å²) in [5.41, 5.74) is 0.180. The number of aromatic carboxylic acids is 1. The van der Waals surface area contributed by atoms with Gasteiger partial charge in [0.15, 0.2) is 0 Å². The van der Waals surface area contributed by atoms with Gasteiger partial charge in [-0.2, -0.15) is 0 Å². The highest BCUT2D eigenvalue weighted by molar-refractivity contribution is 7.93. The summed E-state index contributed by atoms with van der Waals surface area (Å²) in [6, 6.07) is 15.7. The van der Waals surface area contributed by atoms with Gasteiger partial charge in [0.2, 0.25) is 0 Å². The maximum atomic E-state index is 12.8. The normalized spacial score (nSPS) is 11.2. The molecule has 3 rings (SSSR count). The lowest BCUT2D eigenvalue weighted by Gasteiger charge is -2.13. The Hall–Kier alpha value is -3.06. The van der Waals surface area contributed by atoms with Crippen LogP contribution in [0.3, 0.4) is 0 Å². The Morgan fingerprint density at radius 3 is 2.40 bits per heavy atom. The molecule has 0 bridgehead atoms. The Morgan fingerprint density at radius 2 is 1.72 bits per heavy atom. The zero-order chi connectivity index (χ0) is 18.0. The molecule has 0 aromatic heterocycles. The average molecular weight is 357 g/mol. The standard InChI is InChI=1S/C18H15NO5S/c1-24-16-9-10-17(15-8-3-2-7-14(15)16)25(22,23)19-13-6-4-5-12(11-13)18(20)21/h2-11,19H,1H3,(H,20,21). The second-order valence-corrected chi connectivity index (χ2v) is 6.95. The van der Waals surface area contributed by atoms with Crippen molar-refractivity contribution in [1.82, 2.24) is 0 Å². The molecule has 0 heterocycles. The van der Waals surface area contributed by atoms with Crippen LogP contribution >= 0.6 is 0 Å². The molecule has 0 radical (unpaired) electrons. The number of sulfonamides is 1. The summed E-state index contributed by atoms with van der Waals surface area (Å²) in [4.78, 5) is 11.1. The molecule has 3 aromatic carbocycles. The lowest BCUT2D eigenvalue weighted by atomic mass is 10.1. The number of methoxy groups -OCH3 is 1. The summed E-state index contributed by atoms with van der Waals surface area (Å²) >= 11 is 0. The van der Waals surface area contributed by atoms with E-state index >= 15 is 0 Å². The molecule has 0 amide bonds. The highest BCUT2D eigenvalue weighted by atomic mass is 32.2. The molecule has 0 fully saturated rings. The van der Waals surface area contributed by atoms with Crippen LogP contribution in [0.25, 0.3) is 10.8 Å². The SMILES string of the molecule is COc1ccc(S(=O)(=O)Nc2cccc(C(=O)O)c2)c2ccccc12. The van der Waals surface area contributed by atoms with Crippen molar-refractivity contribution in [2.45, 2.75) is 4.90 Å². The first kappa shape index (κ1) is 16.8. The topological polar surface area (TPSA) is 92.7 Å². The number of carboxylic acid groups (broad SMARTS) is 1. The van der Waals surface area contributed by atoms with Crippen molar-refractivity contribution >= 4 is 32.5 Å². The Kier molecular flexibility index (Phi) is 4.33. The number of benzene rings is 3. The summed E-state index contributed by atoms with van der Waals surface area (Å²) in [5, 5.41) is 10.2. The zero-order valence-electron chi connectivity index (χ0n) is 13.3. The number of rotatable bonds is 5. The molecule has 25 heavy (non-hydrogen) atoms. The van der Waals surface area contributed by atoms with Crippen molar-refractivity contribution in [3.63, 3.8) is 0 Å². The molecule has 128 valence electrons. The summed E-state index contributed by atoms with van der Waals surface area (Å²) in [6.45, 7) is 0. The van der Waals surface area contributed by atoms with Gasteiger partial charge in [-0.3, -0.25) is 4.72 Å². The highest BCUT2D eigenvalue weighted by Crippen LogP contribution is 2.31. The van der Waals surface area contributed by atoms with Crippen molar-refractivity contribution in [2.24, 2.45) is 0 Å². The highest BCUT2D eigenvalue weighted by Gasteiger charge is 2.19. The van der Waals surface area contributed by atoms with Gasteiger partial charge < -0.3 is 9.84 Å². The average Bonchev–Trinajstić information content (AvgIpc) is 2.60. The van der Waals surface area contributed by atoms with Gasteiger partial charge in [0.1, 0.15) is 5.75 Å². The predicted octanol–water partition coefficient (Wildman–Crippen LogP) is 3.35. The molecule has 0 spiro atoms. The van der Waals surface area contributed by atoms with E-state index in [-0.39, 0.29) is 16.1 Å². The molecule has 0 aliphatic rings. The second-order valence-electron chi connectivity index (χ2n) is 5.30. The Bertz CT molecular complexity index is 1060. The molecule has 0 aliphatic heterocycles. The minimum Gasteiger partial charge on any atom is -0.496 e. The van der Waals surface area contributed by atoms with Gasteiger partial charge in [0.25, 0.3) is 10.0 Å². The van der Waals surface area contributed by atoms with E-state index in [2.05, 4.69) is 4.72 Å². The first-order valence-electron chi connectivity index (χ1n) is 7.34. The van der Waals surface area contributed by atoms with Crippen LogP contribution < -0.4 is 9.46 Å². The molecule has 0 aliphatic carbocycles. The van der Waals surface area contributed by atoms with Gasteiger partial charge in [0.05, 0.1) is 17.6 Å². The van der Waals surface area contributed by atoms with Crippen LogP contribution in [0, 0.1) is 0 Å². The van der Waals surface area contributed by atoms with Gasteiger partial charge in [-0.15, -0.1) is 0 Å². The Morgan fingerprint density at radius 1 is 1.00 bits per heavy atom. The van der Waals surface area contributed by atoms with E-state index in [4.69, 9.17) is 9.84 Å². The van der Waals surface area contributed by atoms with Crippen LogP contribution in [0.2, 0.25) is 0 Å². The van der Waals surface area contributed by atoms with Gasteiger partial charge in [-0.1, -0.05) is 30.3 Å². The largest absolute Gasteiger partial charge is 0.496 e. The van der Waals surface area contributed by atoms with E-state index in [0.29, 0.717) is 16.5 Å². The lowest BCUT2D eigenvalue weighted by Crippen LogP contribution is -2.14. The van der Waals surface area contributed by atoms with Crippen molar-refractivity contribution in [2.75, 3.05) is 11.8 Å². The molecular formula is C18H15NO5S. The predicted molar refractivity (Wildman–Crippen MR) is 94.7 cm³/mol. The van der Waals surface area contributed by atoms with E-state index in [9.17, 15) is 13.2 Å². The van der Waals surface area contributed by atoms with E-state index in [1.54, 1.807) is 30.3 Å². The fourth-order valence-electron chi connectivity index (χ4n) is 2.58. The van der Waals surface area contributed by atoms with Crippen molar-refractivity contribution < 1.29 is 23.1 Å². The maximum absolute atomic E-state index is 12.8. The Labute approximate surface area is 144 Å². The van der Waals surface area contributed by atoms with Crippen LogP contribution in [0.5, 0.6) is 5.75 Å². The van der Waals surface area contributed by atoms with Crippen LogP contribution in [-0.4, -0.2) is 26.6 Å². The van der Waals surface area contributed by atoms with E-state index in [1.165, 1.54) is 37.4 Å². The number of ether oxygens (including phenoxy) is 1. The van der Waals surface area contributed by atoms with E-state index < -0.39 is 16.0 Å². The number of anilines is 1. The lowest BCUT2D eigenvalue weighted by molar-refractivity contribution is 0.0697. The van der Waals surface area contributed by atoms with Gasteiger partial charge in [-0.05, 0) is 30.3 Å². The first-order valence-corrected chi connectivity index (χ1v) is 8.82. The van der Waals surface area contributed by atoms with E-state index in [0.717, 1.165) is 0 Å². The molecule has 6 nitrogen and oxygen atoms in total. The molecule has 0 saturated heterocycles. The monoisotopic (exact) mass is 357 g/mol. The minimum atomic E-state index is -3.91. The summed E-state index contributed by atoms with van der Waals surface area (Å²) in [7, 11) is -2.39. The van der Waals surface area contributed by atoms with Crippen molar-refractivity contribution in [3.05, 3.63) is 66.2 Å². The third-order valence-corrected chi connectivity index (χ3v) is 5.15. The number of carbonyl (C=O) groups is 1. The molecule has 0 atom stereocenters. The van der Waals surface area contributed by atoms with Crippen LogP contribution in [0.15, 0.2) is 65.6 Å². The van der Waals surface area contributed by atoms with Crippen LogP contribution in [0.1, 0.15) is 10.4 Å². The smallest absolute Gasteiger partial charge is 0.335 e. The molecule has 3 aromatic rings. The molecule has 0 unspecified atom stereocenters. The fourth-order valence-corrected chi connectivity index (χ4v) is 3.84. The van der Waals surface area contributed by atoms with Gasteiger partial charge in [-0.25, -0.2) is 13.2 Å². The number of hydrogen-bond acceptors (Lipinski definition) is 4. The van der Waals surface area contributed by atoms with Gasteiger partial charge in [0, 0.05) is 16.5 Å². The molecule has 2 N–H and O–H groups in total. The molecular weight excluding hydrogens is 342 g/mol. The zero-order valence-corrected chi connectivity index (χ0v) is 14.1. The third kappa shape index (κ3) is 3.27. The van der Waals surface area contributed by atoms with Gasteiger partial charge >= 0.3 is 5.97 Å². The maximum Gasteiger partial charge on any atom is 0.335 e. The van der Waals surface area contributed by atoms with Crippen LogP contribution in [-0.2, 0) is 10.0 Å². The number of carboxylic acids is 1. The number of fused-ring (bicyclic) bond motifs is 1. The molecule has 0 saturated carbocycles. The van der Waals surface area contributed by atoms with Crippen molar-refractivity contribution in [1.29, 1.82) is 0 Å². The number of nitrogens with one attached hydrogen (secondary N) is 1. The van der Waals surface area contributed by atoms with E-state index in [1.807, 2.05) is 0 Å². The summed E-state index contributed by atoms with van der Waals surface area (Å²) in [6.07, 6.45) is 0. The second kappa shape index (κ2) is 6.45. The third-order valence-electron chi connectivity index (χ3n) is 3.72. The first-order chi connectivity index (χ1) is 11.9. The summed E-state index contributed by atoms with van der Waals surface area (Å²) < 4.78 is 33.3. The quantitative estimate of drug-likeness (QED) is 0.730. The number of hydrogen-bond donors (Lipinski definition) is 2.